The van der Waals surface area contributed by atoms with Crippen molar-refractivity contribution in [1.82, 2.24) is 14.8 Å². The molecule has 0 aliphatic carbocycles. The van der Waals surface area contributed by atoms with Gasteiger partial charge in [-0.2, -0.15) is 0 Å². The quantitative estimate of drug-likeness (QED) is 0.845. The van der Waals surface area contributed by atoms with E-state index < -0.39 is 5.82 Å². The molecule has 4 rings (SSSR count). The van der Waals surface area contributed by atoms with Crippen LogP contribution in [0.25, 0.3) is 0 Å². The average Bonchev–Trinajstić information content (AvgIpc) is 3.22. The topological polar surface area (TPSA) is 36.4 Å². The number of nitrogens with zero attached hydrogens (tertiary/aromatic N) is 3. The largest absolute Gasteiger partial charge is 0.338 e. The van der Waals surface area contributed by atoms with Crippen LogP contribution < -0.4 is 0 Å². The number of halogens is 1. The lowest BCUT2D eigenvalue weighted by Gasteiger charge is -2.22. The summed E-state index contributed by atoms with van der Waals surface area (Å²) in [6.07, 6.45) is 0. The van der Waals surface area contributed by atoms with Gasteiger partial charge in [0, 0.05) is 38.1 Å². The minimum Gasteiger partial charge on any atom is -0.338 e. The molecule has 2 unspecified atom stereocenters. The van der Waals surface area contributed by atoms with Crippen molar-refractivity contribution in [1.29, 1.82) is 0 Å². The molecule has 2 saturated heterocycles. The molecule has 6 heteroatoms. The Hall–Kier alpha value is -1.79. The molecular formula is C19H22FN3OS. The maximum absolute atomic E-state index is 14.1. The number of hydrogen-bond acceptors (Lipinski definition) is 4. The fraction of sp³-hybridized carbons (Fsp3) is 0.474. The predicted molar refractivity (Wildman–Crippen MR) is 96.1 cm³/mol. The highest BCUT2D eigenvalue weighted by molar-refractivity contribution is 7.09. The molecule has 2 atom stereocenters. The van der Waals surface area contributed by atoms with Crippen molar-refractivity contribution in [2.75, 3.05) is 26.2 Å². The van der Waals surface area contributed by atoms with E-state index in [1.165, 1.54) is 6.07 Å². The van der Waals surface area contributed by atoms with Gasteiger partial charge in [-0.25, -0.2) is 9.37 Å². The van der Waals surface area contributed by atoms with E-state index in [2.05, 4.69) is 15.3 Å². The van der Waals surface area contributed by atoms with Gasteiger partial charge in [0.15, 0.2) is 0 Å². The predicted octanol–water partition coefficient (Wildman–Crippen LogP) is 3.10. The molecule has 0 radical (unpaired) electrons. The van der Waals surface area contributed by atoms with Crippen molar-refractivity contribution in [3.63, 3.8) is 0 Å². The SMILES string of the molecule is Cc1nc(CN2CC3CN(C(=O)c4c(C)cccc4F)CC3C2)cs1. The summed E-state index contributed by atoms with van der Waals surface area (Å²) in [5, 5.41) is 3.23. The second-order valence-electron chi connectivity index (χ2n) is 7.21. The summed E-state index contributed by atoms with van der Waals surface area (Å²) >= 11 is 1.69. The van der Waals surface area contributed by atoms with E-state index in [1.807, 2.05) is 11.8 Å². The number of fused-ring (bicyclic) bond motifs is 1. The number of carbonyl (C=O) groups is 1. The Kier molecular flexibility index (Phi) is 4.33. The van der Waals surface area contributed by atoms with Crippen LogP contribution in [0.2, 0.25) is 0 Å². The summed E-state index contributed by atoms with van der Waals surface area (Å²) in [7, 11) is 0. The number of rotatable bonds is 3. The molecule has 2 aliphatic heterocycles. The van der Waals surface area contributed by atoms with Crippen LogP contribution in [0.4, 0.5) is 4.39 Å². The molecule has 0 bridgehead atoms. The third-order valence-electron chi connectivity index (χ3n) is 5.34. The molecule has 132 valence electrons. The van der Waals surface area contributed by atoms with Gasteiger partial charge in [0.2, 0.25) is 0 Å². The van der Waals surface area contributed by atoms with Crippen molar-refractivity contribution in [3.8, 4) is 0 Å². The number of amides is 1. The average molecular weight is 359 g/mol. The second-order valence-corrected chi connectivity index (χ2v) is 8.28. The van der Waals surface area contributed by atoms with Gasteiger partial charge in [0.1, 0.15) is 5.82 Å². The molecule has 4 nitrogen and oxygen atoms in total. The number of hydrogen-bond donors (Lipinski definition) is 0. The molecule has 2 aliphatic rings. The maximum atomic E-state index is 14.1. The first-order chi connectivity index (χ1) is 12.0. The Balaban J connectivity index is 1.40. The summed E-state index contributed by atoms with van der Waals surface area (Å²) in [6, 6.07) is 4.82. The smallest absolute Gasteiger partial charge is 0.257 e. The minimum atomic E-state index is -0.414. The van der Waals surface area contributed by atoms with Gasteiger partial charge in [-0.1, -0.05) is 12.1 Å². The number of benzene rings is 1. The van der Waals surface area contributed by atoms with Crippen LogP contribution in [0.1, 0.15) is 26.6 Å². The van der Waals surface area contributed by atoms with E-state index >= 15 is 0 Å². The fourth-order valence-corrected chi connectivity index (χ4v) is 4.76. The van der Waals surface area contributed by atoms with Gasteiger partial charge in [-0.3, -0.25) is 9.69 Å². The van der Waals surface area contributed by atoms with E-state index in [1.54, 1.807) is 30.4 Å². The van der Waals surface area contributed by atoms with E-state index in [-0.39, 0.29) is 11.5 Å². The van der Waals surface area contributed by atoms with Crippen molar-refractivity contribution >= 4 is 17.2 Å². The first-order valence-corrected chi connectivity index (χ1v) is 9.57. The Bertz CT molecular complexity index is 771. The Morgan fingerprint density at radius 3 is 2.56 bits per heavy atom. The molecular weight excluding hydrogens is 337 g/mol. The molecule has 25 heavy (non-hydrogen) atoms. The highest BCUT2D eigenvalue weighted by Gasteiger charge is 2.42. The third kappa shape index (κ3) is 3.20. The summed E-state index contributed by atoms with van der Waals surface area (Å²) in [4.78, 5) is 21.6. The molecule has 0 saturated carbocycles. The van der Waals surface area contributed by atoms with E-state index in [4.69, 9.17) is 0 Å². The van der Waals surface area contributed by atoms with Crippen LogP contribution in [0.5, 0.6) is 0 Å². The monoisotopic (exact) mass is 359 g/mol. The zero-order valence-corrected chi connectivity index (χ0v) is 15.4. The molecule has 1 amide bonds. The first kappa shape index (κ1) is 16.7. The molecule has 2 aromatic rings. The van der Waals surface area contributed by atoms with Crippen molar-refractivity contribution in [2.24, 2.45) is 11.8 Å². The highest BCUT2D eigenvalue weighted by Crippen LogP contribution is 2.33. The minimum absolute atomic E-state index is 0.160. The van der Waals surface area contributed by atoms with Gasteiger partial charge in [0.25, 0.3) is 5.91 Å². The van der Waals surface area contributed by atoms with E-state index in [9.17, 15) is 9.18 Å². The number of aromatic nitrogens is 1. The van der Waals surface area contributed by atoms with Gasteiger partial charge < -0.3 is 4.90 Å². The number of carbonyl (C=O) groups excluding carboxylic acids is 1. The highest BCUT2D eigenvalue weighted by atomic mass is 32.1. The Labute approximate surface area is 151 Å². The number of likely N-dealkylation sites (tertiary alicyclic amines) is 2. The van der Waals surface area contributed by atoms with Crippen LogP contribution >= 0.6 is 11.3 Å². The van der Waals surface area contributed by atoms with Crippen LogP contribution in [0, 0.1) is 31.5 Å². The lowest BCUT2D eigenvalue weighted by molar-refractivity contribution is 0.0768. The summed E-state index contributed by atoms with van der Waals surface area (Å²) in [6.45, 7) is 8.14. The van der Waals surface area contributed by atoms with Crippen LogP contribution in [-0.4, -0.2) is 46.9 Å². The first-order valence-electron chi connectivity index (χ1n) is 8.69. The van der Waals surface area contributed by atoms with Gasteiger partial charge in [-0.05, 0) is 37.3 Å². The lowest BCUT2D eigenvalue weighted by atomic mass is 10.0. The Morgan fingerprint density at radius 1 is 1.24 bits per heavy atom. The van der Waals surface area contributed by atoms with Crippen molar-refractivity contribution in [2.45, 2.75) is 20.4 Å². The lowest BCUT2D eigenvalue weighted by Crippen LogP contribution is -2.34. The molecule has 0 spiro atoms. The third-order valence-corrected chi connectivity index (χ3v) is 6.16. The molecule has 0 N–H and O–H groups in total. The van der Waals surface area contributed by atoms with Crippen LogP contribution in [0.3, 0.4) is 0 Å². The zero-order chi connectivity index (χ0) is 17.6. The standard InChI is InChI=1S/C19H22FN3OS/c1-12-4-3-5-17(20)18(12)19(24)23-8-14-6-22(7-15(14)9-23)10-16-11-25-13(2)21-16/h3-5,11,14-15H,6-10H2,1-2H3. The fourth-order valence-electron chi connectivity index (χ4n) is 4.16. The van der Waals surface area contributed by atoms with Gasteiger partial charge >= 0.3 is 0 Å². The van der Waals surface area contributed by atoms with Crippen molar-refractivity contribution in [3.05, 3.63) is 51.2 Å². The summed E-state index contributed by atoms with van der Waals surface area (Å²) in [5.74, 6) is 0.390. The van der Waals surface area contributed by atoms with Gasteiger partial charge in [-0.15, -0.1) is 11.3 Å². The van der Waals surface area contributed by atoms with E-state index in [0.717, 1.165) is 43.4 Å². The zero-order valence-electron chi connectivity index (χ0n) is 14.5. The maximum Gasteiger partial charge on any atom is 0.257 e. The van der Waals surface area contributed by atoms with E-state index in [0.29, 0.717) is 17.4 Å². The number of aryl methyl sites for hydroxylation is 2. The van der Waals surface area contributed by atoms with Crippen LogP contribution in [-0.2, 0) is 6.54 Å². The normalized spacial score (nSPS) is 23.2. The second kappa shape index (κ2) is 6.50. The summed E-state index contributed by atoms with van der Waals surface area (Å²) < 4.78 is 14.1. The van der Waals surface area contributed by atoms with Gasteiger partial charge in [0.05, 0.1) is 16.3 Å². The molecule has 2 fully saturated rings. The number of thiazole rings is 1. The van der Waals surface area contributed by atoms with Crippen LogP contribution in [0.15, 0.2) is 23.6 Å². The molecule has 1 aromatic heterocycles. The molecule has 3 heterocycles. The summed E-state index contributed by atoms with van der Waals surface area (Å²) in [5.41, 5.74) is 2.08. The molecule has 1 aromatic carbocycles. The van der Waals surface area contributed by atoms with Crippen molar-refractivity contribution < 1.29 is 9.18 Å². The Morgan fingerprint density at radius 2 is 1.96 bits per heavy atom.